The van der Waals surface area contributed by atoms with Crippen LogP contribution in [0.25, 0.3) is 0 Å². The summed E-state index contributed by atoms with van der Waals surface area (Å²) in [5, 5.41) is 0. The van der Waals surface area contributed by atoms with Crippen LogP contribution in [0.1, 0.15) is 54.4 Å². The van der Waals surface area contributed by atoms with Crippen molar-refractivity contribution in [3.8, 4) is 0 Å². The Morgan fingerprint density at radius 2 is 1.06 bits per heavy atom. The minimum atomic E-state index is -4.52. The van der Waals surface area contributed by atoms with Crippen molar-refractivity contribution in [2.24, 2.45) is 11.8 Å². The Morgan fingerprint density at radius 1 is 0.625 bits per heavy atom. The molecule has 4 saturated heterocycles. The molecule has 0 amide bonds. The molecule has 4 aliphatic rings. The van der Waals surface area contributed by atoms with Crippen molar-refractivity contribution in [2.45, 2.75) is 128 Å². The Balaban J connectivity index is 0.000000261. The van der Waals surface area contributed by atoms with E-state index in [2.05, 4.69) is 0 Å². The topological polar surface area (TPSA) is 188 Å². The molecule has 0 bridgehead atoms. The number of hydrogen-bond acceptors (Lipinski definition) is 15. The Labute approximate surface area is 284 Å². The second-order valence-corrected chi connectivity index (χ2v) is 15.8. The van der Waals surface area contributed by atoms with Crippen LogP contribution in [0.2, 0.25) is 0 Å². The van der Waals surface area contributed by atoms with E-state index in [1.165, 1.54) is 7.11 Å². The minimum Gasteiger partial charge on any atom is -0.756 e. The third kappa shape index (κ3) is 12.0. The maximum atomic E-state index is 12.3. The number of phosphoric acid groups is 2. The van der Waals surface area contributed by atoms with Gasteiger partial charge in [-0.1, -0.05) is 13.8 Å². The molecule has 8 unspecified atom stereocenters. The summed E-state index contributed by atoms with van der Waals surface area (Å²) in [6.45, 7) is 11.5. The van der Waals surface area contributed by atoms with Gasteiger partial charge in [0.1, 0.15) is 24.4 Å². The lowest BCUT2D eigenvalue weighted by Gasteiger charge is -2.31. The molecule has 4 aliphatic heterocycles. The Bertz CT molecular complexity index is 1020. The summed E-state index contributed by atoms with van der Waals surface area (Å²) in [4.78, 5) is 22.1. The Morgan fingerprint density at radius 3 is 1.50 bits per heavy atom. The fraction of sp³-hybridized carbons (Fsp3) is 1.00. The summed E-state index contributed by atoms with van der Waals surface area (Å²) in [5.41, 5.74) is 0. The molecule has 0 aromatic rings. The lowest BCUT2D eigenvalue weighted by atomic mass is 9.99. The second-order valence-electron chi connectivity index (χ2n) is 13.0. The molecular weight excluding hydrogens is 678 g/mol. The number of rotatable bonds is 16. The molecule has 18 heteroatoms. The fourth-order valence-corrected chi connectivity index (χ4v) is 8.24. The van der Waals surface area contributed by atoms with Crippen molar-refractivity contribution in [3.63, 3.8) is 0 Å². The highest BCUT2D eigenvalue weighted by molar-refractivity contribution is 7.47. The summed E-state index contributed by atoms with van der Waals surface area (Å²) in [6.07, 6.45) is -1.46. The highest BCUT2D eigenvalue weighted by Gasteiger charge is 2.44. The van der Waals surface area contributed by atoms with Crippen LogP contribution in [0.5, 0.6) is 0 Å². The van der Waals surface area contributed by atoms with E-state index in [-0.39, 0.29) is 93.2 Å². The van der Waals surface area contributed by atoms with Crippen molar-refractivity contribution in [3.05, 3.63) is 0 Å². The summed E-state index contributed by atoms with van der Waals surface area (Å²) < 4.78 is 88.5. The fourth-order valence-electron chi connectivity index (χ4n) is 6.48. The molecule has 4 fully saturated rings. The van der Waals surface area contributed by atoms with Crippen LogP contribution >= 0.6 is 15.6 Å². The Hall–Kier alpha value is -0.100. The van der Waals surface area contributed by atoms with E-state index in [4.69, 9.17) is 56.0 Å². The predicted octanol–water partition coefficient (Wildman–Crippen LogP) is 2.87. The minimum absolute atomic E-state index is 0.0271. The zero-order valence-electron chi connectivity index (χ0n) is 29.8. The Kier molecular flexibility index (Phi) is 16.8. The van der Waals surface area contributed by atoms with Crippen molar-refractivity contribution in [1.29, 1.82) is 0 Å². The van der Waals surface area contributed by atoms with Gasteiger partial charge in [-0.3, -0.25) is 13.6 Å². The van der Waals surface area contributed by atoms with Gasteiger partial charge in [-0.2, -0.15) is 0 Å². The van der Waals surface area contributed by atoms with Crippen LogP contribution in [-0.4, -0.2) is 133 Å². The van der Waals surface area contributed by atoms with Gasteiger partial charge < -0.3 is 56.7 Å². The molecule has 0 aromatic carbocycles. The van der Waals surface area contributed by atoms with Crippen LogP contribution in [0.3, 0.4) is 0 Å². The highest BCUT2D eigenvalue weighted by atomic mass is 31.2. The van der Waals surface area contributed by atoms with E-state index in [9.17, 15) is 18.9 Å². The van der Waals surface area contributed by atoms with E-state index in [0.29, 0.717) is 0 Å². The maximum Gasteiger partial charge on any atom is 0.472 e. The van der Waals surface area contributed by atoms with Gasteiger partial charge >= 0.3 is 7.82 Å². The molecule has 0 saturated carbocycles. The van der Waals surface area contributed by atoms with E-state index >= 15 is 0 Å². The van der Waals surface area contributed by atoms with Gasteiger partial charge in [0.05, 0.1) is 75.3 Å². The van der Waals surface area contributed by atoms with Gasteiger partial charge in [0.15, 0.2) is 0 Å². The van der Waals surface area contributed by atoms with Crippen molar-refractivity contribution in [2.75, 3.05) is 54.9 Å². The normalized spacial score (nSPS) is 42.3. The lowest BCUT2D eigenvalue weighted by molar-refractivity contribution is -0.235. The van der Waals surface area contributed by atoms with E-state index in [0.717, 1.165) is 12.8 Å². The molecule has 284 valence electrons. The summed E-state index contributed by atoms with van der Waals surface area (Å²) in [6, 6.07) is 0. The standard InChI is InChI=1S/C16H31O8P.C14H27O8P/c1-9-11(3)23-14(15(9)20-6)8-21-25(17,18)24-16-10(2)12(4)22-13(16)7-19-5;1-9-5-11(17-3)13(21-9)7-19-23(15,16)20-8-14-12(18-4)6-10(2)22-14/h9-16H,7-8H2,1-6H3,(H,17,18);9-14H,5-8H2,1-4H3,(H,15,16)/p-1/t9-,10-,11+,12+,13-,14-,15?,16?;9-,10?,11?,12?,13+,14?/m10/s1. The van der Waals surface area contributed by atoms with Crippen LogP contribution in [0.15, 0.2) is 0 Å². The van der Waals surface area contributed by atoms with Gasteiger partial charge in [-0.05, 0) is 27.7 Å². The van der Waals surface area contributed by atoms with Crippen LogP contribution in [0.4, 0.5) is 0 Å². The van der Waals surface area contributed by atoms with Gasteiger partial charge in [-0.25, -0.2) is 4.57 Å². The number of hydrogen-bond donors (Lipinski definition) is 1. The molecule has 1 N–H and O–H groups in total. The van der Waals surface area contributed by atoms with Crippen LogP contribution < -0.4 is 4.89 Å². The molecule has 0 aromatic heterocycles. The zero-order valence-corrected chi connectivity index (χ0v) is 31.6. The van der Waals surface area contributed by atoms with Crippen LogP contribution in [-0.2, 0) is 65.1 Å². The van der Waals surface area contributed by atoms with E-state index in [1.807, 2.05) is 41.5 Å². The van der Waals surface area contributed by atoms with E-state index in [1.54, 1.807) is 21.3 Å². The maximum absolute atomic E-state index is 12.3. The predicted molar refractivity (Wildman–Crippen MR) is 169 cm³/mol. The SMILES string of the molecule is COC1CC(C)OC1COP(=O)(O)OC[C@H]1O[C@@H](C)CC1OC.COC[C@H]1O[C@@H](C)[C@@H](C)C1OP(=O)([O-])OC[C@H]1O[C@@H](C)[C@@H](C)C1OC. The summed E-state index contributed by atoms with van der Waals surface area (Å²) >= 11 is 0. The molecule has 0 aliphatic carbocycles. The van der Waals surface area contributed by atoms with E-state index < -0.39 is 34.0 Å². The monoisotopic (exact) mass is 735 g/mol. The molecule has 0 spiro atoms. The molecule has 16 nitrogen and oxygen atoms in total. The van der Waals surface area contributed by atoms with Crippen molar-refractivity contribution in [1.82, 2.24) is 0 Å². The van der Waals surface area contributed by atoms with Crippen molar-refractivity contribution < 1.29 is 74.9 Å². The number of ether oxygens (including phenoxy) is 8. The smallest absolute Gasteiger partial charge is 0.472 e. The third-order valence-electron chi connectivity index (χ3n) is 9.46. The summed E-state index contributed by atoms with van der Waals surface area (Å²) in [5.74, 6) is 0.0567. The van der Waals surface area contributed by atoms with Gasteiger partial charge in [0.25, 0.3) is 7.82 Å². The zero-order chi connectivity index (χ0) is 35.8. The average molecular weight is 736 g/mol. The van der Waals surface area contributed by atoms with Crippen LogP contribution in [0, 0.1) is 11.8 Å². The molecule has 4 rings (SSSR count). The first-order chi connectivity index (χ1) is 22.5. The first-order valence-electron chi connectivity index (χ1n) is 16.5. The number of phosphoric ester groups is 2. The largest absolute Gasteiger partial charge is 0.756 e. The second kappa shape index (κ2) is 19.1. The first kappa shape index (κ1) is 42.3. The van der Waals surface area contributed by atoms with Gasteiger partial charge in [-0.15, -0.1) is 0 Å². The molecular formula is C30H57O16P2-. The average Bonchev–Trinajstić information content (AvgIpc) is 3.74. The summed E-state index contributed by atoms with van der Waals surface area (Å²) in [7, 11) is -2.42. The lowest BCUT2D eigenvalue weighted by Crippen LogP contribution is -2.35. The molecule has 0 radical (unpaired) electrons. The number of methoxy groups -OCH3 is 4. The molecule has 4 heterocycles. The molecule has 16 atom stereocenters. The van der Waals surface area contributed by atoms with Crippen molar-refractivity contribution >= 4 is 15.6 Å². The molecule has 48 heavy (non-hydrogen) atoms. The third-order valence-corrected chi connectivity index (χ3v) is 11.4. The first-order valence-corrected chi connectivity index (χ1v) is 19.4. The highest BCUT2D eigenvalue weighted by Crippen LogP contribution is 2.46. The van der Waals surface area contributed by atoms with Gasteiger partial charge in [0.2, 0.25) is 0 Å². The quantitative estimate of drug-likeness (QED) is 0.228. The van der Waals surface area contributed by atoms with Gasteiger partial charge in [0, 0.05) is 53.1 Å².